The first-order chi connectivity index (χ1) is 7.19. The Hall–Kier alpha value is -1.77. The van der Waals surface area contributed by atoms with Crippen LogP contribution in [-0.4, -0.2) is 27.5 Å². The lowest BCUT2D eigenvalue weighted by atomic mass is 10.1. The van der Waals surface area contributed by atoms with E-state index >= 15 is 0 Å². The molecule has 0 aliphatic rings. The topological polar surface area (TPSA) is 29.5 Å². The largest absolute Gasteiger partial charge is 0.496 e. The van der Waals surface area contributed by atoms with E-state index in [1.54, 1.807) is 7.11 Å². The number of anilines is 1. The lowest BCUT2D eigenvalue weighted by Gasteiger charge is -2.13. The minimum absolute atomic E-state index is 0.579. The van der Waals surface area contributed by atoms with Gasteiger partial charge in [-0.3, -0.25) is 4.79 Å². The van der Waals surface area contributed by atoms with Crippen molar-refractivity contribution in [1.82, 2.24) is 0 Å². The maximum absolute atomic E-state index is 10.4. The molecule has 0 amide bonds. The second-order valence-corrected chi connectivity index (χ2v) is 3.31. The second kappa shape index (κ2) is 5.20. The summed E-state index contributed by atoms with van der Waals surface area (Å²) < 4.78 is 5.09. The van der Waals surface area contributed by atoms with Gasteiger partial charge in [0.1, 0.15) is 12.0 Å². The lowest BCUT2D eigenvalue weighted by Crippen LogP contribution is -2.08. The maximum atomic E-state index is 10.4. The Labute approximate surface area is 90.0 Å². The molecule has 3 heteroatoms. The van der Waals surface area contributed by atoms with Crippen LogP contribution in [0.4, 0.5) is 5.69 Å². The number of carbonyl (C=O) groups excluding carboxylic acids is 1. The van der Waals surface area contributed by atoms with Gasteiger partial charge in [0, 0.05) is 31.4 Å². The molecule has 3 nitrogen and oxygen atoms in total. The lowest BCUT2D eigenvalue weighted by molar-refractivity contribution is -0.104. The van der Waals surface area contributed by atoms with Crippen LogP contribution in [0.25, 0.3) is 5.76 Å². The summed E-state index contributed by atoms with van der Waals surface area (Å²) in [5.74, 6) is 0.579. The van der Waals surface area contributed by atoms with E-state index in [9.17, 15) is 4.79 Å². The van der Waals surface area contributed by atoms with Gasteiger partial charge in [0.2, 0.25) is 0 Å². The number of ether oxygens (including phenoxy) is 1. The fourth-order valence-corrected chi connectivity index (χ4v) is 1.27. The number of nitrogens with zero attached hydrogens (tertiary/aromatic N) is 1. The first kappa shape index (κ1) is 11.3. The van der Waals surface area contributed by atoms with Crippen molar-refractivity contribution in [2.75, 3.05) is 26.1 Å². The van der Waals surface area contributed by atoms with Crippen molar-refractivity contribution < 1.29 is 9.53 Å². The van der Waals surface area contributed by atoms with Gasteiger partial charge in [-0.1, -0.05) is 0 Å². The van der Waals surface area contributed by atoms with Gasteiger partial charge in [0.25, 0.3) is 0 Å². The van der Waals surface area contributed by atoms with Crippen LogP contribution in [0.2, 0.25) is 0 Å². The smallest absolute Gasteiger partial charge is 0.146 e. The van der Waals surface area contributed by atoms with Crippen molar-refractivity contribution in [3.63, 3.8) is 0 Å². The van der Waals surface area contributed by atoms with E-state index in [0.717, 1.165) is 17.5 Å². The van der Waals surface area contributed by atoms with E-state index < -0.39 is 0 Å². The van der Waals surface area contributed by atoms with Gasteiger partial charge < -0.3 is 9.64 Å². The standard InChI is InChI=1S/C12H15NO2/c1-13(2)11-6-4-10(5-7-11)12(15-3)8-9-14/h4-9H,1-3H3. The van der Waals surface area contributed by atoms with Gasteiger partial charge in [0.05, 0.1) is 7.11 Å². The highest BCUT2D eigenvalue weighted by molar-refractivity contribution is 5.78. The van der Waals surface area contributed by atoms with Crippen LogP contribution in [-0.2, 0) is 9.53 Å². The molecule has 0 heterocycles. The Bertz CT molecular complexity index is 352. The highest BCUT2D eigenvalue weighted by Gasteiger charge is 2.01. The van der Waals surface area contributed by atoms with Crippen molar-refractivity contribution in [2.45, 2.75) is 0 Å². The fraction of sp³-hybridized carbons (Fsp3) is 0.250. The number of benzene rings is 1. The molecule has 0 N–H and O–H groups in total. The van der Waals surface area contributed by atoms with Crippen LogP contribution in [0.15, 0.2) is 30.3 Å². The van der Waals surface area contributed by atoms with E-state index in [0.29, 0.717) is 5.76 Å². The summed E-state index contributed by atoms with van der Waals surface area (Å²) >= 11 is 0. The molecular formula is C12H15NO2. The number of methoxy groups -OCH3 is 1. The zero-order valence-electron chi connectivity index (χ0n) is 9.23. The highest BCUT2D eigenvalue weighted by atomic mass is 16.5. The van der Waals surface area contributed by atoms with Crippen LogP contribution < -0.4 is 4.90 Å². The van der Waals surface area contributed by atoms with Crippen LogP contribution >= 0.6 is 0 Å². The van der Waals surface area contributed by atoms with E-state index in [-0.39, 0.29) is 0 Å². The molecule has 0 aromatic heterocycles. The Morgan fingerprint density at radius 2 is 1.87 bits per heavy atom. The van der Waals surface area contributed by atoms with Gasteiger partial charge in [-0.05, 0) is 24.3 Å². The third-order valence-corrected chi connectivity index (χ3v) is 2.11. The molecule has 1 rings (SSSR count). The second-order valence-electron chi connectivity index (χ2n) is 3.31. The van der Waals surface area contributed by atoms with Gasteiger partial charge in [0.15, 0.2) is 0 Å². The summed E-state index contributed by atoms with van der Waals surface area (Å²) in [6.45, 7) is 0. The zero-order chi connectivity index (χ0) is 11.3. The Morgan fingerprint density at radius 1 is 1.27 bits per heavy atom. The number of allylic oxidation sites excluding steroid dienone is 1. The molecule has 0 atom stereocenters. The predicted molar refractivity (Wildman–Crippen MR) is 61.8 cm³/mol. The molecule has 0 fully saturated rings. The molecule has 0 spiro atoms. The molecule has 0 aliphatic carbocycles. The predicted octanol–water partition coefficient (Wildman–Crippen LogP) is 1.94. The molecule has 0 aliphatic heterocycles. The third-order valence-electron chi connectivity index (χ3n) is 2.11. The molecule has 15 heavy (non-hydrogen) atoms. The Kier molecular flexibility index (Phi) is 3.92. The van der Waals surface area contributed by atoms with E-state index in [4.69, 9.17) is 4.74 Å². The van der Waals surface area contributed by atoms with Crippen molar-refractivity contribution in [3.8, 4) is 0 Å². The Morgan fingerprint density at radius 3 is 2.27 bits per heavy atom. The summed E-state index contributed by atoms with van der Waals surface area (Å²) in [5.41, 5.74) is 2.01. The summed E-state index contributed by atoms with van der Waals surface area (Å²) in [6.07, 6.45) is 2.13. The minimum Gasteiger partial charge on any atom is -0.496 e. The van der Waals surface area contributed by atoms with E-state index in [2.05, 4.69) is 0 Å². The van der Waals surface area contributed by atoms with Crippen LogP contribution in [0.1, 0.15) is 5.56 Å². The van der Waals surface area contributed by atoms with Gasteiger partial charge in [-0.2, -0.15) is 0 Å². The van der Waals surface area contributed by atoms with E-state index in [1.807, 2.05) is 43.3 Å². The number of carbonyl (C=O) groups is 1. The van der Waals surface area contributed by atoms with E-state index in [1.165, 1.54) is 6.08 Å². The zero-order valence-corrected chi connectivity index (χ0v) is 9.23. The maximum Gasteiger partial charge on any atom is 0.146 e. The average Bonchev–Trinajstić information content (AvgIpc) is 2.26. The summed E-state index contributed by atoms with van der Waals surface area (Å²) in [5, 5.41) is 0. The number of aldehydes is 1. The van der Waals surface area contributed by atoms with Gasteiger partial charge in [-0.25, -0.2) is 0 Å². The van der Waals surface area contributed by atoms with Crippen molar-refractivity contribution in [3.05, 3.63) is 35.9 Å². The minimum atomic E-state index is 0.579. The summed E-state index contributed by atoms with van der Waals surface area (Å²) in [4.78, 5) is 12.4. The van der Waals surface area contributed by atoms with Crippen molar-refractivity contribution in [2.24, 2.45) is 0 Å². The average molecular weight is 205 g/mol. The molecule has 0 bridgehead atoms. The van der Waals surface area contributed by atoms with Crippen molar-refractivity contribution >= 4 is 17.7 Å². The number of rotatable bonds is 4. The van der Waals surface area contributed by atoms with Crippen LogP contribution in [0.5, 0.6) is 0 Å². The van der Waals surface area contributed by atoms with Gasteiger partial charge >= 0.3 is 0 Å². The Balaban J connectivity index is 2.97. The fourth-order valence-electron chi connectivity index (χ4n) is 1.27. The highest BCUT2D eigenvalue weighted by Crippen LogP contribution is 2.18. The van der Waals surface area contributed by atoms with Gasteiger partial charge in [-0.15, -0.1) is 0 Å². The molecule has 1 aromatic rings. The SMILES string of the molecule is COC(=CC=O)c1ccc(N(C)C)cc1. The van der Waals surface area contributed by atoms with Crippen LogP contribution in [0, 0.1) is 0 Å². The normalized spacial score (nSPS) is 11.0. The molecular weight excluding hydrogens is 190 g/mol. The monoisotopic (exact) mass is 205 g/mol. The first-order valence-electron chi connectivity index (χ1n) is 4.66. The molecule has 80 valence electrons. The van der Waals surface area contributed by atoms with Crippen LogP contribution in [0.3, 0.4) is 0 Å². The quantitative estimate of drug-likeness (QED) is 0.427. The molecule has 0 saturated carbocycles. The molecule has 0 radical (unpaired) electrons. The third kappa shape index (κ3) is 2.84. The van der Waals surface area contributed by atoms with Crippen molar-refractivity contribution in [1.29, 1.82) is 0 Å². The number of hydrogen-bond donors (Lipinski definition) is 0. The molecule has 0 unspecified atom stereocenters. The molecule has 1 aromatic carbocycles. The molecule has 0 saturated heterocycles. The summed E-state index contributed by atoms with van der Waals surface area (Å²) in [7, 11) is 5.51. The summed E-state index contributed by atoms with van der Waals surface area (Å²) in [6, 6.07) is 7.81. The number of hydrogen-bond acceptors (Lipinski definition) is 3. The first-order valence-corrected chi connectivity index (χ1v) is 4.66.